The van der Waals surface area contributed by atoms with Gasteiger partial charge in [-0.15, -0.1) is 0 Å². The molecule has 2 N–H and O–H groups in total. The zero-order valence-electron chi connectivity index (χ0n) is 13.3. The molecule has 0 unspecified atom stereocenters. The molecule has 2 rings (SSSR count). The first-order valence-electron chi connectivity index (χ1n) is 8.19. The highest BCUT2D eigenvalue weighted by Gasteiger charge is 2.46. The molecule has 0 heterocycles. The highest BCUT2D eigenvalue weighted by atomic mass is 16.3. The maximum absolute atomic E-state index is 10.1. The number of nitrogens with zero attached hydrogens (tertiary/aromatic N) is 1. The van der Waals surface area contributed by atoms with Gasteiger partial charge in [0.25, 0.3) is 0 Å². The summed E-state index contributed by atoms with van der Waals surface area (Å²) in [6, 6.07) is 0. The van der Waals surface area contributed by atoms with Crippen molar-refractivity contribution in [2.75, 3.05) is 20.6 Å². The van der Waals surface area contributed by atoms with Gasteiger partial charge in [-0.25, -0.2) is 0 Å². The molecule has 3 heteroatoms. The van der Waals surface area contributed by atoms with E-state index in [-0.39, 0.29) is 18.1 Å². The van der Waals surface area contributed by atoms with Crippen LogP contribution in [-0.4, -0.2) is 48.0 Å². The van der Waals surface area contributed by atoms with Crippen LogP contribution < -0.4 is 0 Å². The summed E-state index contributed by atoms with van der Waals surface area (Å²) in [5.74, 6) is 1.09. The average molecular weight is 281 g/mol. The lowest BCUT2D eigenvalue weighted by molar-refractivity contribution is 0.0224. The van der Waals surface area contributed by atoms with E-state index in [4.69, 9.17) is 0 Å². The summed E-state index contributed by atoms with van der Waals surface area (Å²) in [5.41, 5.74) is 1.57. The molecular weight excluding hydrogens is 250 g/mol. The van der Waals surface area contributed by atoms with Crippen molar-refractivity contribution < 1.29 is 10.2 Å². The molecular formula is C17H31NO2. The fourth-order valence-electron chi connectivity index (χ4n) is 4.16. The molecule has 1 fully saturated rings. The summed E-state index contributed by atoms with van der Waals surface area (Å²) in [7, 11) is 4.25. The molecule has 0 bridgehead atoms. The maximum Gasteiger partial charge on any atom is 0.0601 e. The molecule has 2 aliphatic rings. The van der Waals surface area contributed by atoms with Crippen LogP contribution >= 0.6 is 0 Å². The zero-order chi connectivity index (χ0) is 14.7. The highest BCUT2D eigenvalue weighted by molar-refractivity contribution is 5.18. The molecule has 0 spiro atoms. The van der Waals surface area contributed by atoms with E-state index < -0.39 is 0 Å². The zero-order valence-corrected chi connectivity index (χ0v) is 13.3. The standard InChI is InChI=1S/C17H31NO2/c1-12(19)17-15-10-13(9-14(15)11-16(17)20)7-5-4-6-8-18(2)3/h9,12,14-17,19-20H,4-8,10-11H2,1-3H3/t12-,14+,15+,16-,17-/m1/s1. The van der Waals surface area contributed by atoms with Crippen LogP contribution in [0.5, 0.6) is 0 Å². The second-order valence-electron chi connectivity index (χ2n) is 7.09. The lowest BCUT2D eigenvalue weighted by atomic mass is 9.86. The third kappa shape index (κ3) is 3.84. The Balaban J connectivity index is 1.73. The van der Waals surface area contributed by atoms with E-state index in [1.165, 1.54) is 32.2 Å². The first kappa shape index (κ1) is 16.0. The molecule has 0 radical (unpaired) electrons. The second-order valence-corrected chi connectivity index (χ2v) is 7.09. The predicted molar refractivity (Wildman–Crippen MR) is 82.5 cm³/mol. The van der Waals surface area contributed by atoms with E-state index in [0.29, 0.717) is 11.8 Å². The van der Waals surface area contributed by atoms with Gasteiger partial charge in [0, 0.05) is 5.92 Å². The minimum atomic E-state index is -0.382. The van der Waals surface area contributed by atoms with Gasteiger partial charge in [-0.3, -0.25) is 0 Å². The lowest BCUT2D eigenvalue weighted by Gasteiger charge is -2.24. The van der Waals surface area contributed by atoms with Crippen molar-refractivity contribution in [3.8, 4) is 0 Å². The third-order valence-electron chi connectivity index (χ3n) is 5.11. The number of unbranched alkanes of at least 4 members (excludes halogenated alkanes) is 2. The molecule has 0 saturated heterocycles. The predicted octanol–water partition coefficient (Wildman–Crippen LogP) is 2.43. The van der Waals surface area contributed by atoms with Crippen molar-refractivity contribution in [2.45, 2.75) is 57.7 Å². The van der Waals surface area contributed by atoms with Gasteiger partial charge in [0.1, 0.15) is 0 Å². The van der Waals surface area contributed by atoms with Crippen molar-refractivity contribution in [1.82, 2.24) is 4.90 Å². The van der Waals surface area contributed by atoms with Crippen LogP contribution in [0.3, 0.4) is 0 Å². The van der Waals surface area contributed by atoms with Gasteiger partial charge < -0.3 is 15.1 Å². The summed E-state index contributed by atoms with van der Waals surface area (Å²) >= 11 is 0. The third-order valence-corrected chi connectivity index (χ3v) is 5.11. The summed E-state index contributed by atoms with van der Waals surface area (Å²) in [5, 5.41) is 19.9. The molecule has 0 amide bonds. The Bertz CT molecular complexity index is 338. The summed E-state index contributed by atoms with van der Waals surface area (Å²) in [6.45, 7) is 3.01. The smallest absolute Gasteiger partial charge is 0.0601 e. The molecule has 116 valence electrons. The Morgan fingerprint density at radius 3 is 2.70 bits per heavy atom. The highest BCUT2D eigenvalue weighted by Crippen LogP contribution is 2.48. The van der Waals surface area contributed by atoms with Crippen LogP contribution in [0.4, 0.5) is 0 Å². The Morgan fingerprint density at radius 2 is 2.05 bits per heavy atom. The SMILES string of the molecule is C[C@@H](O)[C@@H]1[C@H]2CC(CCCCCN(C)C)=C[C@H]2C[C@H]1O. The second kappa shape index (κ2) is 7.06. The number of hydrogen-bond acceptors (Lipinski definition) is 3. The fourth-order valence-corrected chi connectivity index (χ4v) is 4.16. The average Bonchev–Trinajstić information content (AvgIpc) is 2.83. The van der Waals surface area contributed by atoms with E-state index in [0.717, 1.165) is 12.8 Å². The van der Waals surface area contributed by atoms with Crippen LogP contribution in [0.1, 0.15) is 45.4 Å². The molecule has 3 nitrogen and oxygen atoms in total. The summed E-state index contributed by atoms with van der Waals surface area (Å²) in [4.78, 5) is 2.24. The van der Waals surface area contributed by atoms with Crippen LogP contribution in [0.2, 0.25) is 0 Å². The van der Waals surface area contributed by atoms with Gasteiger partial charge in [0.05, 0.1) is 12.2 Å². The topological polar surface area (TPSA) is 43.7 Å². The van der Waals surface area contributed by atoms with Crippen molar-refractivity contribution in [3.05, 3.63) is 11.6 Å². The van der Waals surface area contributed by atoms with E-state index in [1.54, 1.807) is 5.57 Å². The minimum Gasteiger partial charge on any atom is -0.393 e. The van der Waals surface area contributed by atoms with Crippen molar-refractivity contribution in [3.63, 3.8) is 0 Å². The van der Waals surface area contributed by atoms with Gasteiger partial charge in [-0.1, -0.05) is 18.1 Å². The van der Waals surface area contributed by atoms with E-state index in [9.17, 15) is 10.2 Å². The van der Waals surface area contributed by atoms with Gasteiger partial charge in [0.15, 0.2) is 0 Å². The van der Waals surface area contributed by atoms with Gasteiger partial charge in [-0.2, -0.15) is 0 Å². The molecule has 20 heavy (non-hydrogen) atoms. The van der Waals surface area contributed by atoms with E-state index in [2.05, 4.69) is 25.1 Å². The van der Waals surface area contributed by atoms with Crippen LogP contribution in [0.25, 0.3) is 0 Å². The molecule has 0 aromatic rings. The molecule has 5 atom stereocenters. The number of rotatable bonds is 7. The van der Waals surface area contributed by atoms with Crippen LogP contribution in [-0.2, 0) is 0 Å². The Kier molecular flexibility index (Phi) is 5.65. The van der Waals surface area contributed by atoms with Crippen molar-refractivity contribution in [2.24, 2.45) is 17.8 Å². The van der Waals surface area contributed by atoms with Gasteiger partial charge in [-0.05, 0) is 71.5 Å². The molecule has 0 aromatic carbocycles. The molecule has 0 aromatic heterocycles. The number of allylic oxidation sites excluding steroid dienone is 2. The fraction of sp³-hybridized carbons (Fsp3) is 0.882. The van der Waals surface area contributed by atoms with Crippen molar-refractivity contribution in [1.29, 1.82) is 0 Å². The Labute approximate surface area is 123 Å². The summed E-state index contributed by atoms with van der Waals surface area (Å²) < 4.78 is 0. The number of hydrogen-bond donors (Lipinski definition) is 2. The minimum absolute atomic E-state index is 0.0856. The number of fused-ring (bicyclic) bond motifs is 1. The monoisotopic (exact) mass is 281 g/mol. The molecule has 1 saturated carbocycles. The molecule has 2 aliphatic carbocycles. The van der Waals surface area contributed by atoms with E-state index in [1.807, 2.05) is 6.92 Å². The van der Waals surface area contributed by atoms with Crippen molar-refractivity contribution >= 4 is 0 Å². The molecule has 0 aliphatic heterocycles. The summed E-state index contributed by atoms with van der Waals surface area (Å²) in [6.07, 6.45) is 8.74. The quantitative estimate of drug-likeness (QED) is 0.556. The maximum atomic E-state index is 10.1. The number of aliphatic hydroxyl groups excluding tert-OH is 2. The Hall–Kier alpha value is -0.380. The largest absolute Gasteiger partial charge is 0.393 e. The Morgan fingerprint density at radius 1 is 1.30 bits per heavy atom. The lowest BCUT2D eigenvalue weighted by Crippen LogP contribution is -2.29. The number of aliphatic hydroxyl groups is 2. The van der Waals surface area contributed by atoms with Gasteiger partial charge in [0.2, 0.25) is 0 Å². The van der Waals surface area contributed by atoms with Crippen LogP contribution in [0.15, 0.2) is 11.6 Å². The van der Waals surface area contributed by atoms with Crippen LogP contribution in [0, 0.1) is 17.8 Å². The van der Waals surface area contributed by atoms with E-state index >= 15 is 0 Å². The normalized spacial score (nSPS) is 34.4. The first-order chi connectivity index (χ1) is 9.49. The first-order valence-corrected chi connectivity index (χ1v) is 8.19. The van der Waals surface area contributed by atoms with Gasteiger partial charge >= 0.3 is 0 Å².